The van der Waals surface area contributed by atoms with E-state index in [1.807, 2.05) is 36.4 Å². The zero-order chi connectivity index (χ0) is 15.1. The third-order valence-electron chi connectivity index (χ3n) is 3.44. The lowest BCUT2D eigenvalue weighted by molar-refractivity contribution is 0.281. The Labute approximate surface area is 126 Å². The monoisotopic (exact) mass is 285 g/mol. The van der Waals surface area contributed by atoms with Crippen LogP contribution in [0.5, 0.6) is 5.75 Å². The maximum Gasteiger partial charge on any atom is 0.119 e. The summed E-state index contributed by atoms with van der Waals surface area (Å²) in [4.78, 5) is 0. The van der Waals surface area contributed by atoms with Gasteiger partial charge in [0, 0.05) is 12.6 Å². The molecule has 0 spiro atoms. The molecule has 1 unspecified atom stereocenters. The second-order valence-electron chi connectivity index (χ2n) is 5.24. The molecule has 0 heterocycles. The number of aliphatic hydroxyl groups excluding tert-OH is 1. The molecule has 0 radical (unpaired) electrons. The third-order valence-corrected chi connectivity index (χ3v) is 3.44. The van der Waals surface area contributed by atoms with Crippen LogP contribution in [0.15, 0.2) is 48.5 Å². The van der Waals surface area contributed by atoms with Gasteiger partial charge in [-0.05, 0) is 42.7 Å². The summed E-state index contributed by atoms with van der Waals surface area (Å²) < 4.78 is 5.72. The Hall–Kier alpha value is -1.84. The molecule has 2 rings (SSSR count). The van der Waals surface area contributed by atoms with Gasteiger partial charge in [-0.15, -0.1) is 0 Å². The molecular weight excluding hydrogens is 262 g/mol. The van der Waals surface area contributed by atoms with Crippen molar-refractivity contribution in [1.82, 2.24) is 5.32 Å². The molecule has 3 nitrogen and oxygen atoms in total. The van der Waals surface area contributed by atoms with Crippen molar-refractivity contribution in [2.75, 3.05) is 13.2 Å². The van der Waals surface area contributed by atoms with Crippen molar-refractivity contribution < 1.29 is 9.84 Å². The van der Waals surface area contributed by atoms with Gasteiger partial charge in [0.2, 0.25) is 0 Å². The zero-order valence-electron chi connectivity index (χ0n) is 12.7. The van der Waals surface area contributed by atoms with Gasteiger partial charge < -0.3 is 15.2 Å². The van der Waals surface area contributed by atoms with Crippen LogP contribution in [0.25, 0.3) is 0 Å². The number of hydrogen-bond acceptors (Lipinski definition) is 3. The highest BCUT2D eigenvalue weighted by atomic mass is 16.5. The van der Waals surface area contributed by atoms with Crippen LogP contribution in [0.1, 0.15) is 29.7 Å². The Balaban J connectivity index is 1.77. The molecule has 0 aromatic heterocycles. The summed E-state index contributed by atoms with van der Waals surface area (Å²) in [6.07, 6.45) is 0. The fourth-order valence-corrected chi connectivity index (χ4v) is 2.23. The molecule has 21 heavy (non-hydrogen) atoms. The Morgan fingerprint density at radius 3 is 2.71 bits per heavy atom. The number of ether oxygens (including phenoxy) is 1. The maximum atomic E-state index is 9.17. The Morgan fingerprint density at radius 2 is 1.95 bits per heavy atom. The van der Waals surface area contributed by atoms with Crippen LogP contribution >= 0.6 is 0 Å². The number of aliphatic hydroxyl groups is 1. The molecule has 2 aromatic rings. The lowest BCUT2D eigenvalue weighted by atomic mass is 10.1. The van der Waals surface area contributed by atoms with Crippen molar-refractivity contribution in [2.24, 2.45) is 0 Å². The normalized spacial score (nSPS) is 12.1. The molecule has 112 valence electrons. The van der Waals surface area contributed by atoms with Gasteiger partial charge in [-0.3, -0.25) is 0 Å². The van der Waals surface area contributed by atoms with Crippen LogP contribution in [-0.4, -0.2) is 18.3 Å². The number of rotatable bonds is 7. The molecule has 0 saturated carbocycles. The van der Waals surface area contributed by atoms with Gasteiger partial charge in [0.15, 0.2) is 0 Å². The number of hydrogen-bond donors (Lipinski definition) is 2. The van der Waals surface area contributed by atoms with Gasteiger partial charge in [-0.2, -0.15) is 0 Å². The molecule has 0 aliphatic rings. The molecule has 1 atom stereocenters. The molecule has 0 aliphatic heterocycles. The maximum absolute atomic E-state index is 9.17. The summed E-state index contributed by atoms with van der Waals surface area (Å²) in [7, 11) is 0. The van der Waals surface area contributed by atoms with Crippen molar-refractivity contribution in [3.63, 3.8) is 0 Å². The van der Waals surface area contributed by atoms with Gasteiger partial charge >= 0.3 is 0 Å². The Bertz CT molecular complexity index is 569. The van der Waals surface area contributed by atoms with E-state index < -0.39 is 0 Å². The third kappa shape index (κ3) is 4.88. The average Bonchev–Trinajstić information content (AvgIpc) is 2.51. The van der Waals surface area contributed by atoms with Crippen LogP contribution < -0.4 is 10.1 Å². The van der Waals surface area contributed by atoms with Crippen LogP contribution in [0.2, 0.25) is 0 Å². The summed E-state index contributed by atoms with van der Waals surface area (Å²) in [5, 5.41) is 12.6. The van der Waals surface area contributed by atoms with Crippen LogP contribution in [0.3, 0.4) is 0 Å². The average molecular weight is 285 g/mol. The molecule has 0 amide bonds. The highest BCUT2D eigenvalue weighted by Crippen LogP contribution is 2.15. The Morgan fingerprint density at radius 1 is 1.14 bits per heavy atom. The fourth-order valence-electron chi connectivity index (χ4n) is 2.23. The lowest BCUT2D eigenvalue weighted by Gasteiger charge is -2.15. The van der Waals surface area contributed by atoms with Crippen LogP contribution in [0.4, 0.5) is 0 Å². The van der Waals surface area contributed by atoms with Gasteiger partial charge in [-0.25, -0.2) is 0 Å². The summed E-state index contributed by atoms with van der Waals surface area (Å²) in [5.74, 6) is 0.909. The highest BCUT2D eigenvalue weighted by Gasteiger charge is 2.05. The number of aryl methyl sites for hydroxylation is 1. The van der Waals surface area contributed by atoms with Crippen molar-refractivity contribution in [3.05, 3.63) is 65.2 Å². The van der Waals surface area contributed by atoms with E-state index in [-0.39, 0.29) is 12.6 Å². The van der Waals surface area contributed by atoms with Crippen molar-refractivity contribution in [2.45, 2.75) is 26.5 Å². The first-order valence-corrected chi connectivity index (χ1v) is 7.31. The van der Waals surface area contributed by atoms with E-state index in [0.717, 1.165) is 17.9 Å². The molecular formula is C18H23NO2. The minimum Gasteiger partial charge on any atom is -0.492 e. The largest absolute Gasteiger partial charge is 0.492 e. The lowest BCUT2D eigenvalue weighted by Crippen LogP contribution is -2.24. The first-order valence-electron chi connectivity index (χ1n) is 7.31. The summed E-state index contributed by atoms with van der Waals surface area (Å²) >= 11 is 0. The standard InChI is InChI=1S/C18H23NO2/c1-14-5-3-8-18(11-14)21-10-9-19-15(2)17-7-4-6-16(12-17)13-20/h3-8,11-12,15,19-20H,9-10,13H2,1-2H3. The Kier molecular flexibility index (Phi) is 5.78. The molecule has 0 fully saturated rings. The van der Waals surface area contributed by atoms with E-state index in [2.05, 4.69) is 31.3 Å². The molecule has 2 N–H and O–H groups in total. The first kappa shape index (κ1) is 15.5. The second-order valence-corrected chi connectivity index (χ2v) is 5.24. The number of nitrogens with one attached hydrogen (secondary N) is 1. The first-order chi connectivity index (χ1) is 10.2. The second kappa shape index (κ2) is 7.81. The van der Waals surface area contributed by atoms with E-state index in [1.165, 1.54) is 11.1 Å². The number of benzene rings is 2. The van der Waals surface area contributed by atoms with E-state index in [9.17, 15) is 0 Å². The quantitative estimate of drug-likeness (QED) is 0.768. The SMILES string of the molecule is Cc1cccc(OCCNC(C)c2cccc(CO)c2)c1. The minimum atomic E-state index is 0.0804. The van der Waals surface area contributed by atoms with Gasteiger partial charge in [0.1, 0.15) is 12.4 Å². The van der Waals surface area contributed by atoms with Gasteiger partial charge in [-0.1, -0.05) is 36.4 Å². The zero-order valence-corrected chi connectivity index (χ0v) is 12.7. The van der Waals surface area contributed by atoms with Gasteiger partial charge in [0.05, 0.1) is 6.61 Å². The van der Waals surface area contributed by atoms with Crippen molar-refractivity contribution >= 4 is 0 Å². The van der Waals surface area contributed by atoms with Crippen LogP contribution in [-0.2, 0) is 6.61 Å². The van der Waals surface area contributed by atoms with E-state index in [0.29, 0.717) is 6.61 Å². The van der Waals surface area contributed by atoms with Crippen molar-refractivity contribution in [1.29, 1.82) is 0 Å². The van der Waals surface area contributed by atoms with Gasteiger partial charge in [0.25, 0.3) is 0 Å². The van der Waals surface area contributed by atoms with E-state index >= 15 is 0 Å². The molecule has 0 saturated heterocycles. The van der Waals surface area contributed by atoms with E-state index in [4.69, 9.17) is 9.84 Å². The predicted molar refractivity (Wildman–Crippen MR) is 85.5 cm³/mol. The summed E-state index contributed by atoms with van der Waals surface area (Å²) in [6.45, 7) is 5.66. The minimum absolute atomic E-state index is 0.0804. The van der Waals surface area contributed by atoms with E-state index in [1.54, 1.807) is 0 Å². The topological polar surface area (TPSA) is 41.5 Å². The van der Waals surface area contributed by atoms with Crippen LogP contribution in [0, 0.1) is 6.92 Å². The highest BCUT2D eigenvalue weighted by molar-refractivity contribution is 5.27. The summed E-state index contributed by atoms with van der Waals surface area (Å²) in [6, 6.07) is 16.3. The molecule has 0 bridgehead atoms. The molecule has 0 aliphatic carbocycles. The predicted octanol–water partition coefficient (Wildman–Crippen LogP) is 3.22. The molecule has 2 aromatic carbocycles. The summed E-state index contributed by atoms with van der Waals surface area (Å²) in [5.41, 5.74) is 3.32. The fraction of sp³-hybridized carbons (Fsp3) is 0.333. The van der Waals surface area contributed by atoms with Crippen molar-refractivity contribution in [3.8, 4) is 5.75 Å². The smallest absolute Gasteiger partial charge is 0.119 e. The molecule has 3 heteroatoms.